The molecule has 0 saturated heterocycles. The van der Waals surface area contributed by atoms with Crippen molar-refractivity contribution in [1.29, 1.82) is 0 Å². The molecule has 2 aromatic carbocycles. The molecule has 198 valence electrons. The van der Waals surface area contributed by atoms with Crippen molar-refractivity contribution in [2.45, 2.75) is 31.1 Å². The number of benzene rings is 2. The maximum Gasteiger partial charge on any atom is 0.261 e. The predicted octanol–water partition coefficient (Wildman–Crippen LogP) is 5.38. The number of hydrogen-bond donors (Lipinski definition) is 2. The molecule has 1 unspecified atom stereocenters. The topological polar surface area (TPSA) is 105 Å². The van der Waals surface area contributed by atoms with Gasteiger partial charge in [-0.3, -0.25) is 13.8 Å². The molecule has 1 aliphatic rings. The summed E-state index contributed by atoms with van der Waals surface area (Å²) in [6, 6.07) is 10.4. The fraction of sp³-hybridized carbons (Fsp3) is 0.179. The molecule has 38 heavy (non-hydrogen) atoms. The van der Waals surface area contributed by atoms with Crippen molar-refractivity contribution in [3.8, 4) is 0 Å². The lowest BCUT2D eigenvalue weighted by Crippen LogP contribution is -2.23. The number of nitrogens with zero attached hydrogens (tertiary/aromatic N) is 2. The molecule has 3 rings (SSSR count). The van der Waals surface area contributed by atoms with Crippen molar-refractivity contribution in [2.75, 3.05) is 11.3 Å². The second-order valence-electron chi connectivity index (χ2n) is 8.54. The molecule has 0 aromatic heterocycles. The minimum Gasteiger partial charge on any atom is -0.365 e. The van der Waals surface area contributed by atoms with Crippen molar-refractivity contribution < 1.29 is 18.2 Å². The Kier molecular flexibility index (Phi) is 9.92. The Balaban J connectivity index is 1.83. The summed E-state index contributed by atoms with van der Waals surface area (Å²) in [5.74, 6) is -1.51. The van der Waals surface area contributed by atoms with Gasteiger partial charge in [-0.05, 0) is 74.4 Å². The number of allylic oxidation sites excluding steroid dienone is 5. The Hall–Kier alpha value is -3.82. The summed E-state index contributed by atoms with van der Waals surface area (Å²) in [6.45, 7) is 5.76. The van der Waals surface area contributed by atoms with Crippen molar-refractivity contribution in [1.82, 2.24) is 5.32 Å². The van der Waals surface area contributed by atoms with Gasteiger partial charge >= 0.3 is 0 Å². The Morgan fingerprint density at radius 2 is 1.92 bits per heavy atom. The fourth-order valence-electron chi connectivity index (χ4n) is 3.76. The molecule has 2 amide bonds. The van der Waals surface area contributed by atoms with Crippen molar-refractivity contribution in [3.63, 3.8) is 0 Å². The lowest BCUT2D eigenvalue weighted by molar-refractivity contribution is -0.111. The number of halogens is 2. The van der Waals surface area contributed by atoms with E-state index in [0.717, 1.165) is 35.9 Å². The molecule has 10 heteroatoms. The molecule has 0 saturated carbocycles. The first-order chi connectivity index (χ1) is 18.1. The summed E-state index contributed by atoms with van der Waals surface area (Å²) in [6.07, 6.45) is 9.75. The van der Waals surface area contributed by atoms with Gasteiger partial charge in [0.15, 0.2) is 0 Å². The maximum absolute atomic E-state index is 13.5. The minimum atomic E-state index is -1.21. The van der Waals surface area contributed by atoms with E-state index in [1.54, 1.807) is 29.3 Å². The van der Waals surface area contributed by atoms with Crippen LogP contribution in [0.3, 0.4) is 0 Å². The van der Waals surface area contributed by atoms with Crippen LogP contribution < -0.4 is 16.1 Å². The lowest BCUT2D eigenvalue weighted by atomic mass is 9.91. The number of amides is 2. The lowest BCUT2D eigenvalue weighted by Gasteiger charge is -2.29. The molecule has 3 N–H and O–H groups in total. The van der Waals surface area contributed by atoms with Gasteiger partial charge in [-0.2, -0.15) is 5.10 Å². The number of carbonyl (C=O) groups excluding carboxylic acids is 2. The zero-order valence-electron chi connectivity index (χ0n) is 21.0. The Labute approximate surface area is 228 Å². The van der Waals surface area contributed by atoms with Crippen LogP contribution in [0.2, 0.25) is 5.02 Å². The number of anilines is 1. The number of hydrogen-bond acceptors (Lipinski definition) is 5. The van der Waals surface area contributed by atoms with Crippen LogP contribution in [-0.2, 0) is 15.6 Å². The van der Waals surface area contributed by atoms with E-state index in [4.69, 9.17) is 17.3 Å². The molecule has 0 heterocycles. The summed E-state index contributed by atoms with van der Waals surface area (Å²) in [5.41, 5.74) is 9.53. The first-order valence-electron chi connectivity index (χ1n) is 11.6. The minimum absolute atomic E-state index is 0.201. The third-order valence-corrected chi connectivity index (χ3v) is 7.06. The fourth-order valence-corrected chi connectivity index (χ4v) is 4.63. The van der Waals surface area contributed by atoms with Gasteiger partial charge in [0, 0.05) is 39.8 Å². The summed E-state index contributed by atoms with van der Waals surface area (Å²) >= 11 is 6.23. The average Bonchev–Trinajstić information content (AvgIpc) is 2.88. The third-order valence-electron chi connectivity index (χ3n) is 5.83. The van der Waals surface area contributed by atoms with E-state index < -0.39 is 22.6 Å². The SMILES string of the molecule is C=C/C(=C\C=C1\CCC(C)=C(N(/N=C/C(N)=O)c2ccc(F)cc2)C1)NC(=O)c1ccc(S(C)=O)cc1Cl. The zero-order valence-corrected chi connectivity index (χ0v) is 22.6. The highest BCUT2D eigenvalue weighted by molar-refractivity contribution is 7.84. The second-order valence-corrected chi connectivity index (χ2v) is 10.3. The van der Waals surface area contributed by atoms with E-state index in [9.17, 15) is 18.2 Å². The normalized spacial score (nSPS) is 16.0. The van der Waals surface area contributed by atoms with Gasteiger partial charge in [0.25, 0.3) is 11.8 Å². The van der Waals surface area contributed by atoms with Gasteiger partial charge in [0.2, 0.25) is 0 Å². The molecule has 2 aromatic rings. The standard InChI is InChI=1S/C28H28ClFN4O3S/c1-4-21(33-28(36)24-14-13-23(38(3)37)16-25(24)29)10-7-19-6-5-18(2)26(15-19)34(32-17-27(31)35)22-11-8-20(30)9-12-22/h4,7-14,16-17H,1,5-6,15H2,2-3H3,(H2,31,35)(H,33,36)/b19-7-,21-10+,32-17+. The second kappa shape index (κ2) is 13.1. The summed E-state index contributed by atoms with van der Waals surface area (Å²) in [4.78, 5) is 24.7. The van der Waals surface area contributed by atoms with Crippen molar-refractivity contribution >= 4 is 46.1 Å². The van der Waals surface area contributed by atoms with E-state index in [2.05, 4.69) is 17.0 Å². The first kappa shape index (κ1) is 28.7. The summed E-state index contributed by atoms with van der Waals surface area (Å²) in [5, 5.41) is 8.82. The van der Waals surface area contributed by atoms with Gasteiger partial charge in [-0.15, -0.1) is 0 Å². The van der Waals surface area contributed by atoms with Gasteiger partial charge in [0.1, 0.15) is 12.0 Å². The van der Waals surface area contributed by atoms with Crippen LogP contribution in [0.15, 0.2) is 99.8 Å². The Bertz CT molecular complexity index is 1400. The Morgan fingerprint density at radius 3 is 2.53 bits per heavy atom. The van der Waals surface area contributed by atoms with E-state index in [1.807, 2.05) is 13.0 Å². The average molecular weight is 555 g/mol. The van der Waals surface area contributed by atoms with Crippen LogP contribution in [0.1, 0.15) is 36.5 Å². The Morgan fingerprint density at radius 1 is 1.21 bits per heavy atom. The molecule has 0 aliphatic heterocycles. The summed E-state index contributed by atoms with van der Waals surface area (Å²) in [7, 11) is -1.21. The molecule has 1 atom stereocenters. The van der Waals surface area contributed by atoms with Gasteiger partial charge in [0.05, 0.1) is 16.3 Å². The van der Waals surface area contributed by atoms with Crippen LogP contribution in [-0.4, -0.2) is 28.5 Å². The predicted molar refractivity (Wildman–Crippen MR) is 151 cm³/mol. The quantitative estimate of drug-likeness (QED) is 0.247. The van der Waals surface area contributed by atoms with Crippen LogP contribution in [0.25, 0.3) is 0 Å². The monoisotopic (exact) mass is 554 g/mol. The molecule has 7 nitrogen and oxygen atoms in total. The number of nitrogens with two attached hydrogens (primary N) is 1. The maximum atomic E-state index is 13.5. The zero-order chi connectivity index (χ0) is 27.8. The van der Waals surface area contributed by atoms with Gasteiger partial charge in [-0.1, -0.05) is 35.4 Å². The molecular weight excluding hydrogens is 527 g/mol. The molecule has 0 spiro atoms. The number of rotatable bonds is 9. The smallest absolute Gasteiger partial charge is 0.261 e. The van der Waals surface area contributed by atoms with E-state index in [0.29, 0.717) is 22.7 Å². The van der Waals surface area contributed by atoms with E-state index in [1.165, 1.54) is 36.6 Å². The molecular formula is C28H28ClFN4O3S. The largest absolute Gasteiger partial charge is 0.365 e. The number of hydrazone groups is 1. The van der Waals surface area contributed by atoms with Gasteiger partial charge in [-0.25, -0.2) is 9.40 Å². The van der Waals surface area contributed by atoms with Gasteiger partial charge < -0.3 is 11.1 Å². The number of carbonyl (C=O) groups is 2. The molecule has 0 radical (unpaired) electrons. The van der Waals surface area contributed by atoms with Crippen LogP contribution in [0.4, 0.5) is 10.1 Å². The number of primary amides is 1. The highest BCUT2D eigenvalue weighted by Gasteiger charge is 2.20. The number of nitrogens with one attached hydrogen (secondary N) is 1. The van der Waals surface area contributed by atoms with E-state index >= 15 is 0 Å². The molecule has 0 fully saturated rings. The highest BCUT2D eigenvalue weighted by atomic mass is 35.5. The molecule has 1 aliphatic carbocycles. The molecule has 0 bridgehead atoms. The third kappa shape index (κ3) is 7.60. The summed E-state index contributed by atoms with van der Waals surface area (Å²) < 4.78 is 25.2. The first-order valence-corrected chi connectivity index (χ1v) is 13.6. The van der Waals surface area contributed by atoms with Crippen LogP contribution in [0.5, 0.6) is 0 Å². The van der Waals surface area contributed by atoms with E-state index in [-0.39, 0.29) is 16.4 Å². The van der Waals surface area contributed by atoms with Crippen molar-refractivity contribution in [2.24, 2.45) is 10.8 Å². The highest BCUT2D eigenvalue weighted by Crippen LogP contribution is 2.34. The van der Waals surface area contributed by atoms with Crippen molar-refractivity contribution in [3.05, 3.63) is 106 Å². The van der Waals surface area contributed by atoms with Crippen LogP contribution >= 0.6 is 11.6 Å². The van der Waals surface area contributed by atoms with Crippen LogP contribution in [0, 0.1) is 5.82 Å².